The molecule has 2 N–H and O–H groups in total. The second-order valence-electron chi connectivity index (χ2n) is 4.58. The summed E-state index contributed by atoms with van der Waals surface area (Å²) in [5.41, 5.74) is 2.98. The number of amides is 1. The molecular formula is C13H23N3O2. The van der Waals surface area contributed by atoms with Crippen LogP contribution in [0.2, 0.25) is 0 Å². The van der Waals surface area contributed by atoms with Gasteiger partial charge in [0.2, 0.25) is 5.91 Å². The highest BCUT2D eigenvalue weighted by molar-refractivity contribution is 5.79. The van der Waals surface area contributed by atoms with Crippen LogP contribution in [0.15, 0.2) is 0 Å². The fraction of sp³-hybridized carbons (Fsp3) is 0.692. The molecule has 1 rings (SSSR count). The Bertz CT molecular complexity index is 399. The molecule has 5 nitrogen and oxygen atoms in total. The Morgan fingerprint density at radius 1 is 1.33 bits per heavy atom. The Morgan fingerprint density at radius 3 is 2.61 bits per heavy atom. The third kappa shape index (κ3) is 4.14. The Hall–Kier alpha value is -1.36. The van der Waals surface area contributed by atoms with Crippen molar-refractivity contribution in [3.05, 3.63) is 17.0 Å². The molecule has 0 saturated carbocycles. The maximum absolute atomic E-state index is 11.8. The van der Waals surface area contributed by atoms with Gasteiger partial charge in [0.25, 0.3) is 0 Å². The average Bonchev–Trinajstić information content (AvgIpc) is 2.56. The third-order valence-corrected chi connectivity index (χ3v) is 3.15. The number of unbranched alkanes of at least 4 members (excludes halogenated alkanes) is 2. The molecule has 0 aliphatic heterocycles. The van der Waals surface area contributed by atoms with Crippen LogP contribution in [-0.2, 0) is 18.3 Å². The van der Waals surface area contributed by atoms with E-state index in [9.17, 15) is 4.79 Å². The second-order valence-corrected chi connectivity index (χ2v) is 4.58. The number of aryl methyl sites for hydroxylation is 2. The summed E-state index contributed by atoms with van der Waals surface area (Å²) in [5.74, 6) is 0.0400. The lowest BCUT2D eigenvalue weighted by Crippen LogP contribution is -2.26. The van der Waals surface area contributed by atoms with E-state index >= 15 is 0 Å². The number of nitrogens with one attached hydrogen (secondary N) is 1. The van der Waals surface area contributed by atoms with Gasteiger partial charge in [0.1, 0.15) is 0 Å². The van der Waals surface area contributed by atoms with Crippen molar-refractivity contribution in [2.45, 2.75) is 39.5 Å². The lowest BCUT2D eigenvalue weighted by molar-refractivity contribution is -0.120. The summed E-state index contributed by atoms with van der Waals surface area (Å²) in [6, 6.07) is 0. The van der Waals surface area contributed by atoms with Gasteiger partial charge < -0.3 is 10.4 Å². The predicted molar refractivity (Wildman–Crippen MR) is 70.3 cm³/mol. The second kappa shape index (κ2) is 7.16. The van der Waals surface area contributed by atoms with Crippen molar-refractivity contribution in [3.8, 4) is 0 Å². The first-order valence-corrected chi connectivity index (χ1v) is 6.43. The maximum Gasteiger partial charge on any atom is 0.224 e. The minimum Gasteiger partial charge on any atom is -0.396 e. The molecule has 1 amide bonds. The first-order chi connectivity index (χ1) is 8.56. The van der Waals surface area contributed by atoms with Gasteiger partial charge in [-0.05, 0) is 33.1 Å². The summed E-state index contributed by atoms with van der Waals surface area (Å²) in [6.45, 7) is 4.81. The summed E-state index contributed by atoms with van der Waals surface area (Å²) in [5, 5.41) is 15.8. The first-order valence-electron chi connectivity index (χ1n) is 6.43. The summed E-state index contributed by atoms with van der Waals surface area (Å²) >= 11 is 0. The number of rotatable bonds is 7. The van der Waals surface area contributed by atoms with Crippen LogP contribution in [-0.4, -0.2) is 33.9 Å². The maximum atomic E-state index is 11.8. The number of aliphatic hydroxyl groups is 1. The predicted octanol–water partition coefficient (Wildman–Crippen LogP) is 0.858. The lowest BCUT2D eigenvalue weighted by atomic mass is 10.1. The number of aromatic nitrogens is 2. The van der Waals surface area contributed by atoms with Crippen LogP contribution in [0.3, 0.4) is 0 Å². The molecule has 0 aromatic carbocycles. The molecule has 0 unspecified atom stereocenters. The van der Waals surface area contributed by atoms with E-state index in [1.807, 2.05) is 20.9 Å². The SMILES string of the molecule is Cc1nn(C)c(C)c1CC(=O)NCCCCCO. The molecule has 102 valence electrons. The summed E-state index contributed by atoms with van der Waals surface area (Å²) < 4.78 is 1.80. The number of hydrogen-bond donors (Lipinski definition) is 2. The fourth-order valence-corrected chi connectivity index (χ4v) is 1.94. The summed E-state index contributed by atoms with van der Waals surface area (Å²) in [7, 11) is 1.89. The molecule has 0 radical (unpaired) electrons. The normalized spacial score (nSPS) is 10.7. The Balaban J connectivity index is 2.36. The van der Waals surface area contributed by atoms with E-state index in [4.69, 9.17) is 5.11 Å². The molecule has 1 aromatic heterocycles. The van der Waals surface area contributed by atoms with Crippen LogP contribution in [0, 0.1) is 13.8 Å². The Kier molecular flexibility index (Phi) is 5.85. The van der Waals surface area contributed by atoms with Gasteiger partial charge in [-0.1, -0.05) is 0 Å². The van der Waals surface area contributed by atoms with Gasteiger partial charge in [-0.25, -0.2) is 0 Å². The van der Waals surface area contributed by atoms with Crippen LogP contribution < -0.4 is 5.32 Å². The highest BCUT2D eigenvalue weighted by Gasteiger charge is 2.12. The number of carbonyl (C=O) groups is 1. The van der Waals surface area contributed by atoms with Crippen molar-refractivity contribution in [2.75, 3.05) is 13.2 Å². The van der Waals surface area contributed by atoms with Gasteiger partial charge >= 0.3 is 0 Å². The van der Waals surface area contributed by atoms with Crippen LogP contribution in [0.25, 0.3) is 0 Å². The van der Waals surface area contributed by atoms with Gasteiger partial charge in [0, 0.05) is 31.5 Å². The fourth-order valence-electron chi connectivity index (χ4n) is 1.94. The third-order valence-electron chi connectivity index (χ3n) is 3.15. The molecule has 0 saturated heterocycles. The number of carbonyl (C=O) groups excluding carboxylic acids is 1. The van der Waals surface area contributed by atoms with E-state index in [0.717, 1.165) is 36.2 Å². The molecule has 5 heteroatoms. The lowest BCUT2D eigenvalue weighted by Gasteiger charge is -2.05. The van der Waals surface area contributed by atoms with Crippen LogP contribution in [0.1, 0.15) is 36.2 Å². The molecular weight excluding hydrogens is 230 g/mol. The van der Waals surface area contributed by atoms with E-state index in [1.54, 1.807) is 4.68 Å². The van der Waals surface area contributed by atoms with E-state index in [-0.39, 0.29) is 12.5 Å². The molecule has 0 spiro atoms. The minimum atomic E-state index is 0.0400. The Morgan fingerprint density at radius 2 is 2.06 bits per heavy atom. The zero-order valence-corrected chi connectivity index (χ0v) is 11.5. The van der Waals surface area contributed by atoms with Crippen molar-refractivity contribution in [1.82, 2.24) is 15.1 Å². The van der Waals surface area contributed by atoms with E-state index in [1.165, 1.54) is 0 Å². The van der Waals surface area contributed by atoms with Crippen molar-refractivity contribution < 1.29 is 9.90 Å². The van der Waals surface area contributed by atoms with Gasteiger partial charge in [-0.3, -0.25) is 9.48 Å². The zero-order chi connectivity index (χ0) is 13.5. The van der Waals surface area contributed by atoms with Crippen molar-refractivity contribution in [3.63, 3.8) is 0 Å². The van der Waals surface area contributed by atoms with Crippen molar-refractivity contribution >= 4 is 5.91 Å². The highest BCUT2D eigenvalue weighted by atomic mass is 16.2. The molecule has 0 aliphatic carbocycles. The molecule has 0 aliphatic rings. The quantitative estimate of drug-likeness (QED) is 0.708. The Labute approximate surface area is 108 Å². The van der Waals surface area contributed by atoms with E-state index in [2.05, 4.69) is 10.4 Å². The van der Waals surface area contributed by atoms with Gasteiger partial charge in [-0.2, -0.15) is 5.10 Å². The molecule has 0 bridgehead atoms. The molecule has 18 heavy (non-hydrogen) atoms. The summed E-state index contributed by atoms with van der Waals surface area (Å²) in [6.07, 6.45) is 3.06. The summed E-state index contributed by atoms with van der Waals surface area (Å²) in [4.78, 5) is 11.8. The van der Waals surface area contributed by atoms with Crippen molar-refractivity contribution in [2.24, 2.45) is 7.05 Å². The van der Waals surface area contributed by atoms with Crippen LogP contribution in [0.4, 0.5) is 0 Å². The number of hydrogen-bond acceptors (Lipinski definition) is 3. The number of nitrogens with zero attached hydrogens (tertiary/aromatic N) is 2. The molecule has 0 atom stereocenters. The smallest absolute Gasteiger partial charge is 0.224 e. The van der Waals surface area contributed by atoms with Crippen molar-refractivity contribution in [1.29, 1.82) is 0 Å². The zero-order valence-electron chi connectivity index (χ0n) is 11.5. The van der Waals surface area contributed by atoms with Gasteiger partial charge in [-0.15, -0.1) is 0 Å². The average molecular weight is 253 g/mol. The topological polar surface area (TPSA) is 67.2 Å². The van der Waals surface area contributed by atoms with Gasteiger partial charge in [0.05, 0.1) is 12.1 Å². The van der Waals surface area contributed by atoms with Gasteiger partial charge in [0.15, 0.2) is 0 Å². The minimum absolute atomic E-state index is 0.0400. The molecule has 1 heterocycles. The molecule has 0 fully saturated rings. The monoisotopic (exact) mass is 253 g/mol. The largest absolute Gasteiger partial charge is 0.396 e. The molecule has 1 aromatic rings. The highest BCUT2D eigenvalue weighted by Crippen LogP contribution is 2.12. The van der Waals surface area contributed by atoms with E-state index in [0.29, 0.717) is 13.0 Å². The van der Waals surface area contributed by atoms with Crippen LogP contribution >= 0.6 is 0 Å². The van der Waals surface area contributed by atoms with Crippen LogP contribution in [0.5, 0.6) is 0 Å². The first kappa shape index (κ1) is 14.7. The standard InChI is InChI=1S/C13H23N3O2/c1-10-12(11(2)16(3)15-10)9-13(18)14-7-5-4-6-8-17/h17H,4-9H2,1-3H3,(H,14,18). The van der Waals surface area contributed by atoms with E-state index < -0.39 is 0 Å². The number of aliphatic hydroxyl groups excluding tert-OH is 1.